The highest BCUT2D eigenvalue weighted by Crippen LogP contribution is 2.42. The number of phenolic OH excluding ortho intramolecular Hbond substituents is 1. The molecule has 0 radical (unpaired) electrons. The topological polar surface area (TPSA) is 109 Å². The highest BCUT2D eigenvalue weighted by atomic mass is 16.5. The normalized spacial score (nSPS) is 17.0. The fourth-order valence-corrected chi connectivity index (χ4v) is 4.17. The SMILES string of the molecule is CCOc1cc(C2/C(=C(/O)c3ccc(OC(C)C)cc3)C(=O)C(=O)N2Cc2cccnc2)ccc1O. The molecule has 8 heteroatoms. The van der Waals surface area contributed by atoms with Gasteiger partial charge in [0.1, 0.15) is 11.5 Å². The second-order valence-corrected chi connectivity index (χ2v) is 8.64. The zero-order chi connectivity index (χ0) is 25.8. The van der Waals surface area contributed by atoms with E-state index in [1.807, 2.05) is 13.8 Å². The van der Waals surface area contributed by atoms with Gasteiger partial charge in [0, 0.05) is 24.5 Å². The van der Waals surface area contributed by atoms with Crippen molar-refractivity contribution < 1.29 is 29.3 Å². The Morgan fingerprint density at radius 2 is 1.86 bits per heavy atom. The van der Waals surface area contributed by atoms with Gasteiger partial charge in [-0.3, -0.25) is 14.6 Å². The molecule has 1 atom stereocenters. The number of nitrogens with zero attached hydrogens (tertiary/aromatic N) is 2. The molecule has 0 spiro atoms. The molecule has 1 aromatic heterocycles. The van der Waals surface area contributed by atoms with Gasteiger partial charge in [-0.15, -0.1) is 0 Å². The molecule has 1 fully saturated rings. The maximum Gasteiger partial charge on any atom is 0.295 e. The number of ether oxygens (including phenoxy) is 2. The zero-order valence-electron chi connectivity index (χ0n) is 20.3. The molecule has 1 aliphatic heterocycles. The molecule has 36 heavy (non-hydrogen) atoms. The molecule has 0 aliphatic carbocycles. The van der Waals surface area contributed by atoms with Gasteiger partial charge in [0.25, 0.3) is 11.7 Å². The minimum absolute atomic E-state index is 0.0173. The number of aliphatic hydroxyl groups excluding tert-OH is 1. The second kappa shape index (κ2) is 10.5. The number of benzene rings is 2. The summed E-state index contributed by atoms with van der Waals surface area (Å²) in [5.41, 5.74) is 1.57. The number of rotatable bonds is 8. The molecule has 1 amide bonds. The summed E-state index contributed by atoms with van der Waals surface area (Å²) in [6.07, 6.45) is 3.22. The standard InChI is InChI=1S/C28H28N2O6/c1-4-35-23-14-20(9-12-22(23)31)25-24(26(32)19-7-10-21(11-8-19)36-17(2)3)27(33)28(34)30(25)16-18-6-5-13-29-15-18/h5-15,17,25,31-32H,4,16H2,1-3H3/b26-24-. The molecular weight excluding hydrogens is 460 g/mol. The number of hydrogen-bond donors (Lipinski definition) is 2. The third-order valence-corrected chi connectivity index (χ3v) is 5.71. The Kier molecular flexibility index (Phi) is 7.24. The summed E-state index contributed by atoms with van der Waals surface area (Å²) in [6, 6.07) is 14.0. The summed E-state index contributed by atoms with van der Waals surface area (Å²) in [5.74, 6) is -1.06. The van der Waals surface area contributed by atoms with Gasteiger partial charge in [0.15, 0.2) is 11.5 Å². The van der Waals surface area contributed by atoms with Crippen molar-refractivity contribution in [3.8, 4) is 17.2 Å². The van der Waals surface area contributed by atoms with Crippen LogP contribution in [0.5, 0.6) is 17.2 Å². The Balaban J connectivity index is 1.83. The average Bonchev–Trinajstić information content (AvgIpc) is 3.11. The van der Waals surface area contributed by atoms with Crippen LogP contribution in [0.15, 0.2) is 72.6 Å². The van der Waals surface area contributed by atoms with Gasteiger partial charge >= 0.3 is 0 Å². The Morgan fingerprint density at radius 1 is 1.11 bits per heavy atom. The van der Waals surface area contributed by atoms with Gasteiger partial charge < -0.3 is 24.6 Å². The third-order valence-electron chi connectivity index (χ3n) is 5.71. The lowest BCUT2D eigenvalue weighted by Crippen LogP contribution is -2.29. The summed E-state index contributed by atoms with van der Waals surface area (Å²) in [4.78, 5) is 32.0. The lowest BCUT2D eigenvalue weighted by molar-refractivity contribution is -0.140. The van der Waals surface area contributed by atoms with Crippen molar-refractivity contribution in [3.63, 3.8) is 0 Å². The highest BCUT2D eigenvalue weighted by molar-refractivity contribution is 6.46. The number of carbonyl (C=O) groups is 2. The first kappa shape index (κ1) is 24.8. The first-order valence-electron chi connectivity index (χ1n) is 11.7. The predicted octanol–water partition coefficient (Wildman–Crippen LogP) is 4.60. The predicted molar refractivity (Wildman–Crippen MR) is 134 cm³/mol. The number of hydrogen-bond acceptors (Lipinski definition) is 7. The van der Waals surface area contributed by atoms with Gasteiger partial charge in [0.05, 0.1) is 24.3 Å². The van der Waals surface area contributed by atoms with Crippen LogP contribution >= 0.6 is 0 Å². The number of aliphatic hydroxyl groups is 1. The van der Waals surface area contributed by atoms with Gasteiger partial charge in [-0.25, -0.2) is 0 Å². The maximum absolute atomic E-state index is 13.3. The van der Waals surface area contributed by atoms with E-state index in [2.05, 4.69) is 4.98 Å². The van der Waals surface area contributed by atoms with Crippen LogP contribution in [0.3, 0.4) is 0 Å². The molecule has 1 aliphatic rings. The van der Waals surface area contributed by atoms with Crippen molar-refractivity contribution in [2.24, 2.45) is 0 Å². The Labute approximate surface area is 209 Å². The monoisotopic (exact) mass is 488 g/mol. The molecule has 1 saturated heterocycles. The van der Waals surface area contributed by atoms with Crippen LogP contribution in [0.25, 0.3) is 5.76 Å². The molecule has 186 valence electrons. The molecule has 2 heterocycles. The summed E-state index contributed by atoms with van der Waals surface area (Å²) in [7, 11) is 0. The molecule has 0 saturated carbocycles. The van der Waals surface area contributed by atoms with E-state index in [0.29, 0.717) is 23.5 Å². The summed E-state index contributed by atoms with van der Waals surface area (Å²) in [5, 5.41) is 21.5. The summed E-state index contributed by atoms with van der Waals surface area (Å²) < 4.78 is 11.2. The molecule has 8 nitrogen and oxygen atoms in total. The molecule has 2 aromatic carbocycles. The first-order valence-corrected chi connectivity index (χ1v) is 11.7. The van der Waals surface area contributed by atoms with E-state index >= 15 is 0 Å². The number of phenols is 1. The lowest BCUT2D eigenvalue weighted by atomic mass is 9.94. The minimum atomic E-state index is -0.906. The van der Waals surface area contributed by atoms with E-state index in [1.54, 1.807) is 67.8 Å². The molecule has 2 N–H and O–H groups in total. The van der Waals surface area contributed by atoms with Crippen molar-refractivity contribution in [1.82, 2.24) is 9.88 Å². The number of carbonyl (C=O) groups excluding carboxylic acids is 2. The fourth-order valence-electron chi connectivity index (χ4n) is 4.17. The van der Waals surface area contributed by atoms with E-state index in [-0.39, 0.29) is 35.5 Å². The van der Waals surface area contributed by atoms with Crippen molar-refractivity contribution in [1.29, 1.82) is 0 Å². The largest absolute Gasteiger partial charge is 0.507 e. The van der Waals surface area contributed by atoms with Crippen LogP contribution in [0.1, 0.15) is 43.5 Å². The minimum Gasteiger partial charge on any atom is -0.507 e. The quantitative estimate of drug-likeness (QED) is 0.271. The van der Waals surface area contributed by atoms with Gasteiger partial charge in [0.2, 0.25) is 0 Å². The van der Waals surface area contributed by atoms with Crippen LogP contribution in [-0.2, 0) is 16.1 Å². The number of amides is 1. The molecular formula is C28H28N2O6. The zero-order valence-corrected chi connectivity index (χ0v) is 20.3. The van der Waals surface area contributed by atoms with E-state index in [4.69, 9.17) is 9.47 Å². The van der Waals surface area contributed by atoms with E-state index in [1.165, 1.54) is 11.0 Å². The number of ketones is 1. The van der Waals surface area contributed by atoms with Crippen LogP contribution in [0, 0.1) is 0 Å². The fraction of sp³-hybridized carbons (Fsp3) is 0.250. The summed E-state index contributed by atoms with van der Waals surface area (Å²) >= 11 is 0. The van der Waals surface area contributed by atoms with Crippen LogP contribution in [0.2, 0.25) is 0 Å². The van der Waals surface area contributed by atoms with Crippen LogP contribution < -0.4 is 9.47 Å². The Bertz CT molecular complexity index is 1290. The number of pyridine rings is 1. The van der Waals surface area contributed by atoms with Crippen LogP contribution in [-0.4, -0.2) is 44.5 Å². The smallest absolute Gasteiger partial charge is 0.295 e. The molecule has 3 aromatic rings. The van der Waals surface area contributed by atoms with E-state index < -0.39 is 17.7 Å². The van der Waals surface area contributed by atoms with Crippen molar-refractivity contribution >= 4 is 17.4 Å². The van der Waals surface area contributed by atoms with Crippen LogP contribution in [0.4, 0.5) is 0 Å². The number of aromatic nitrogens is 1. The number of Topliss-reactive ketones (excluding diaryl/α,β-unsaturated/α-hetero) is 1. The Hall–Kier alpha value is -4.33. The van der Waals surface area contributed by atoms with Gasteiger partial charge in [-0.2, -0.15) is 0 Å². The van der Waals surface area contributed by atoms with Crippen molar-refractivity contribution in [2.75, 3.05) is 6.61 Å². The molecule has 4 rings (SSSR count). The van der Waals surface area contributed by atoms with Crippen molar-refractivity contribution in [3.05, 3.63) is 89.3 Å². The summed E-state index contributed by atoms with van der Waals surface area (Å²) in [6.45, 7) is 6.02. The highest BCUT2D eigenvalue weighted by Gasteiger charge is 2.46. The number of aromatic hydroxyl groups is 1. The van der Waals surface area contributed by atoms with Gasteiger partial charge in [-0.05, 0) is 74.4 Å². The average molecular weight is 489 g/mol. The second-order valence-electron chi connectivity index (χ2n) is 8.64. The van der Waals surface area contributed by atoms with E-state index in [0.717, 1.165) is 5.56 Å². The van der Waals surface area contributed by atoms with E-state index in [9.17, 15) is 19.8 Å². The lowest BCUT2D eigenvalue weighted by Gasteiger charge is -2.26. The first-order chi connectivity index (χ1) is 17.3. The number of likely N-dealkylation sites (tertiary alicyclic amines) is 1. The van der Waals surface area contributed by atoms with Crippen molar-refractivity contribution in [2.45, 2.75) is 39.5 Å². The maximum atomic E-state index is 13.3. The third kappa shape index (κ3) is 5.02. The van der Waals surface area contributed by atoms with Gasteiger partial charge in [-0.1, -0.05) is 12.1 Å². The molecule has 1 unspecified atom stereocenters. The Morgan fingerprint density at radius 3 is 2.50 bits per heavy atom. The molecule has 0 bridgehead atoms.